The van der Waals surface area contributed by atoms with Crippen molar-refractivity contribution in [3.8, 4) is 5.75 Å². The molecule has 4 fully saturated rings. The highest BCUT2D eigenvalue weighted by molar-refractivity contribution is 5.56. The van der Waals surface area contributed by atoms with Crippen LogP contribution < -0.4 is 4.90 Å². The van der Waals surface area contributed by atoms with E-state index in [1.165, 1.54) is 36.8 Å². The number of phenolic OH excluding ortho intramolecular Hbond substituents is 1. The summed E-state index contributed by atoms with van der Waals surface area (Å²) >= 11 is 0. The molecule has 5 aliphatic rings. The van der Waals surface area contributed by atoms with Gasteiger partial charge in [-0.25, -0.2) is 9.97 Å². The summed E-state index contributed by atoms with van der Waals surface area (Å²) in [5.41, 5.74) is 5.25. The average Bonchev–Trinajstić information content (AvgIpc) is 3.16. The second-order valence-electron chi connectivity index (χ2n) is 11.1. The van der Waals surface area contributed by atoms with Crippen LogP contribution in [-0.4, -0.2) is 52.2 Å². The van der Waals surface area contributed by atoms with Gasteiger partial charge in [-0.15, -0.1) is 0 Å². The summed E-state index contributed by atoms with van der Waals surface area (Å²) in [6.07, 6.45) is 6.04. The fourth-order valence-corrected chi connectivity index (χ4v) is 9.36. The van der Waals surface area contributed by atoms with Gasteiger partial charge in [0.05, 0.1) is 0 Å². The van der Waals surface area contributed by atoms with Crippen LogP contribution in [0.25, 0.3) is 0 Å². The Kier molecular flexibility index (Phi) is 3.45. The second kappa shape index (κ2) is 5.80. The van der Waals surface area contributed by atoms with Crippen molar-refractivity contribution in [3.05, 3.63) is 46.8 Å². The molecule has 1 N–H and O–H groups in total. The van der Waals surface area contributed by atoms with Gasteiger partial charge in [0.15, 0.2) is 0 Å². The highest BCUT2D eigenvalue weighted by Gasteiger charge is 2.76. The van der Waals surface area contributed by atoms with Crippen molar-refractivity contribution in [1.82, 2.24) is 14.9 Å². The summed E-state index contributed by atoms with van der Waals surface area (Å²) < 4.78 is 0. The van der Waals surface area contributed by atoms with Crippen LogP contribution in [0.4, 0.5) is 5.95 Å². The number of rotatable bonds is 1. The molecule has 4 bridgehead atoms. The van der Waals surface area contributed by atoms with Gasteiger partial charge in [0.1, 0.15) is 5.75 Å². The van der Waals surface area contributed by atoms with E-state index in [4.69, 9.17) is 9.97 Å². The van der Waals surface area contributed by atoms with Crippen molar-refractivity contribution in [2.24, 2.45) is 17.3 Å². The molecule has 5 nitrogen and oxygen atoms in total. The number of hydrogen-bond donors (Lipinski definition) is 1. The van der Waals surface area contributed by atoms with E-state index in [9.17, 15) is 5.11 Å². The van der Waals surface area contributed by atoms with E-state index in [-0.39, 0.29) is 5.41 Å². The first-order chi connectivity index (χ1) is 14.9. The molecule has 2 unspecified atom stereocenters. The Morgan fingerprint density at radius 1 is 1.13 bits per heavy atom. The van der Waals surface area contributed by atoms with Crippen molar-refractivity contribution in [2.45, 2.75) is 63.5 Å². The standard InChI is InChI=1S/C26H32N4O/c1-15-11-16(2)28-24(27-15)30-14-18-13-25-8-7-19(30)22(18)26(25)9-10-29(3)21(25)12-17-5-4-6-20(31)23(17)26/h4-6,11,18-19,21-22,31H,7-10,12-14H2,1-3H3/t18-,19?,21-,22?,25-,26-/m1/s1. The summed E-state index contributed by atoms with van der Waals surface area (Å²) in [5.74, 6) is 2.73. The summed E-state index contributed by atoms with van der Waals surface area (Å²) in [4.78, 5) is 14.9. The topological polar surface area (TPSA) is 52.5 Å². The lowest BCUT2D eigenvalue weighted by atomic mass is 9.43. The average molecular weight is 417 g/mol. The normalized spacial score (nSPS) is 40.0. The van der Waals surface area contributed by atoms with Crippen LogP contribution in [0.15, 0.2) is 24.3 Å². The summed E-state index contributed by atoms with van der Waals surface area (Å²) in [6, 6.07) is 9.44. The van der Waals surface area contributed by atoms with Crippen molar-refractivity contribution >= 4 is 5.95 Å². The van der Waals surface area contributed by atoms with Gasteiger partial charge in [-0.2, -0.15) is 0 Å². The van der Waals surface area contributed by atoms with E-state index in [1.54, 1.807) is 0 Å². The Hall–Kier alpha value is -2.14. The Morgan fingerprint density at radius 2 is 1.94 bits per heavy atom. The lowest BCUT2D eigenvalue weighted by Crippen LogP contribution is -2.69. The molecule has 3 heterocycles. The number of piperidine rings is 1. The second-order valence-corrected chi connectivity index (χ2v) is 11.1. The molecule has 162 valence electrons. The van der Waals surface area contributed by atoms with Crippen LogP contribution in [0, 0.1) is 31.1 Å². The highest BCUT2D eigenvalue weighted by atomic mass is 16.3. The lowest BCUT2D eigenvalue weighted by molar-refractivity contribution is -0.0825. The first kappa shape index (κ1) is 18.4. The third-order valence-corrected chi connectivity index (χ3v) is 9.97. The van der Waals surface area contributed by atoms with E-state index in [0.29, 0.717) is 35.1 Å². The molecule has 1 aromatic heterocycles. The zero-order valence-corrected chi connectivity index (χ0v) is 18.8. The summed E-state index contributed by atoms with van der Waals surface area (Å²) in [7, 11) is 2.34. The van der Waals surface area contributed by atoms with Gasteiger partial charge in [-0.3, -0.25) is 0 Å². The fourth-order valence-electron chi connectivity index (χ4n) is 9.36. The number of aromatic hydroxyl groups is 1. The summed E-state index contributed by atoms with van der Waals surface area (Å²) in [5, 5.41) is 11.2. The molecule has 0 radical (unpaired) electrons. The number of fused-ring (bicyclic) bond motifs is 1. The smallest absolute Gasteiger partial charge is 0.226 e. The molecule has 0 spiro atoms. The van der Waals surface area contributed by atoms with E-state index in [2.05, 4.69) is 42.8 Å². The van der Waals surface area contributed by atoms with Crippen molar-refractivity contribution in [3.63, 3.8) is 0 Å². The zero-order chi connectivity index (χ0) is 21.1. The van der Waals surface area contributed by atoms with Crippen LogP contribution in [0.3, 0.4) is 0 Å². The Morgan fingerprint density at radius 3 is 2.74 bits per heavy atom. The predicted octanol–water partition coefficient (Wildman–Crippen LogP) is 3.60. The number of benzene rings is 1. The number of aryl methyl sites for hydroxylation is 2. The molecule has 2 saturated carbocycles. The number of likely N-dealkylation sites (tertiary alicyclic amines) is 1. The maximum absolute atomic E-state index is 11.2. The third-order valence-electron chi connectivity index (χ3n) is 9.97. The molecule has 0 amide bonds. The molecule has 2 aromatic rings. The van der Waals surface area contributed by atoms with Gasteiger partial charge < -0.3 is 14.9 Å². The molecule has 1 aromatic carbocycles. The van der Waals surface area contributed by atoms with Crippen molar-refractivity contribution in [1.29, 1.82) is 0 Å². The third kappa shape index (κ3) is 2.03. The van der Waals surface area contributed by atoms with Gasteiger partial charge in [0.2, 0.25) is 5.95 Å². The number of likely N-dealkylation sites (N-methyl/N-ethyl adjacent to an activating group) is 1. The van der Waals surface area contributed by atoms with Crippen LogP contribution in [0.1, 0.15) is 48.2 Å². The van der Waals surface area contributed by atoms with Gasteiger partial charge in [-0.1, -0.05) is 12.1 Å². The van der Waals surface area contributed by atoms with Crippen LogP contribution in [0.2, 0.25) is 0 Å². The molecular formula is C26H32N4O. The molecule has 2 saturated heterocycles. The lowest BCUT2D eigenvalue weighted by Gasteiger charge is -2.66. The number of nitrogens with zero attached hydrogens (tertiary/aromatic N) is 4. The first-order valence-corrected chi connectivity index (χ1v) is 12.1. The quantitative estimate of drug-likeness (QED) is 0.770. The highest BCUT2D eigenvalue weighted by Crippen LogP contribution is 2.76. The first-order valence-electron chi connectivity index (χ1n) is 12.1. The van der Waals surface area contributed by atoms with Gasteiger partial charge in [0, 0.05) is 41.0 Å². The van der Waals surface area contributed by atoms with Crippen molar-refractivity contribution < 1.29 is 5.11 Å². The Labute approximate surface area is 184 Å². The van der Waals surface area contributed by atoms with Crippen LogP contribution in [-0.2, 0) is 11.8 Å². The maximum Gasteiger partial charge on any atom is 0.226 e. The molecule has 7 rings (SSSR count). The number of anilines is 1. The molecule has 3 aliphatic carbocycles. The monoisotopic (exact) mass is 416 g/mol. The molecule has 31 heavy (non-hydrogen) atoms. The molecule has 5 heteroatoms. The fraction of sp³-hybridized carbons (Fsp3) is 0.615. The van der Waals surface area contributed by atoms with Crippen LogP contribution >= 0.6 is 0 Å². The van der Waals surface area contributed by atoms with E-state index in [1.807, 2.05) is 12.1 Å². The van der Waals surface area contributed by atoms with Gasteiger partial charge in [0.25, 0.3) is 0 Å². The Bertz CT molecular complexity index is 1080. The van der Waals surface area contributed by atoms with E-state index < -0.39 is 0 Å². The number of phenols is 1. The predicted molar refractivity (Wildman–Crippen MR) is 120 cm³/mol. The van der Waals surface area contributed by atoms with Crippen molar-refractivity contribution in [2.75, 3.05) is 25.0 Å². The minimum absolute atomic E-state index is 0.101. The minimum Gasteiger partial charge on any atom is -0.508 e. The van der Waals surface area contributed by atoms with E-state index in [0.717, 1.165) is 36.8 Å². The summed E-state index contributed by atoms with van der Waals surface area (Å²) in [6.45, 7) is 6.37. The number of aromatic nitrogens is 2. The largest absolute Gasteiger partial charge is 0.508 e. The van der Waals surface area contributed by atoms with E-state index >= 15 is 0 Å². The number of hydrogen-bond acceptors (Lipinski definition) is 5. The SMILES string of the molecule is Cc1cc(C)nc(N2C[C@H]3C[C@@]45CCC2C3[C@@]42CCN(C)[C@@H]5Cc3cccc(O)c32)n1. The minimum atomic E-state index is 0.101. The van der Waals surface area contributed by atoms with Gasteiger partial charge in [-0.05, 0) is 94.5 Å². The van der Waals surface area contributed by atoms with Gasteiger partial charge >= 0.3 is 0 Å². The zero-order valence-electron chi connectivity index (χ0n) is 18.8. The Balaban J connectivity index is 1.43. The molecule has 2 aliphatic heterocycles. The molecule has 6 atom stereocenters. The molecular weight excluding hydrogens is 384 g/mol. The van der Waals surface area contributed by atoms with Crippen LogP contribution in [0.5, 0.6) is 5.75 Å². The maximum atomic E-state index is 11.2.